The molecule has 4 aromatic rings. The molecule has 2 aromatic heterocycles. The fourth-order valence-corrected chi connectivity index (χ4v) is 3.64. The van der Waals surface area contributed by atoms with Crippen LogP contribution in [0.5, 0.6) is 0 Å². The largest absolute Gasteiger partial charge is 0.339 e. The first-order valence-corrected chi connectivity index (χ1v) is 10.0. The van der Waals surface area contributed by atoms with Crippen molar-refractivity contribution >= 4 is 45.7 Å². The lowest BCUT2D eigenvalue weighted by Crippen LogP contribution is -2.10. The summed E-state index contributed by atoms with van der Waals surface area (Å²) in [7, 11) is 1.88. The number of aromatic amines is 1. The molecule has 0 aliphatic heterocycles. The zero-order valence-electron chi connectivity index (χ0n) is 16.1. The Balaban J connectivity index is 1.78. The first-order valence-electron chi connectivity index (χ1n) is 9.20. The van der Waals surface area contributed by atoms with Gasteiger partial charge in [-0.25, -0.2) is 4.98 Å². The summed E-state index contributed by atoms with van der Waals surface area (Å²) in [6, 6.07) is 19.7. The molecule has 0 bridgehead atoms. The van der Waals surface area contributed by atoms with Crippen LogP contribution in [0.2, 0.25) is 0 Å². The van der Waals surface area contributed by atoms with E-state index in [-0.39, 0.29) is 5.56 Å². The molecule has 0 amide bonds. The molecule has 0 radical (unpaired) electrons. The summed E-state index contributed by atoms with van der Waals surface area (Å²) >= 11 is 1.52. The molecule has 0 fully saturated rings. The fraction of sp³-hybridized carbons (Fsp3) is 0.0909. The van der Waals surface area contributed by atoms with E-state index in [1.807, 2.05) is 74.6 Å². The minimum atomic E-state index is -0.178. The SMILES string of the molecule is CNSc1ccccc1Nc1cc2cc[nH]c(=O)c2c(Nc2ccc(C)cc2)n1. The molecule has 6 nitrogen and oxygen atoms in total. The van der Waals surface area contributed by atoms with Crippen LogP contribution in [0.25, 0.3) is 10.8 Å². The van der Waals surface area contributed by atoms with Gasteiger partial charge in [0.1, 0.15) is 11.6 Å². The molecule has 0 saturated heterocycles. The molecule has 4 N–H and O–H groups in total. The third kappa shape index (κ3) is 4.26. The van der Waals surface area contributed by atoms with Crippen LogP contribution in [0.15, 0.2) is 76.6 Å². The predicted octanol–water partition coefficient (Wildman–Crippen LogP) is 4.95. The Morgan fingerprint density at radius 3 is 2.59 bits per heavy atom. The van der Waals surface area contributed by atoms with Gasteiger partial charge in [-0.2, -0.15) is 0 Å². The van der Waals surface area contributed by atoms with Crippen LogP contribution in [0.1, 0.15) is 5.56 Å². The van der Waals surface area contributed by atoms with Crippen molar-refractivity contribution in [2.24, 2.45) is 0 Å². The quantitative estimate of drug-likeness (QED) is 0.341. The van der Waals surface area contributed by atoms with Crippen LogP contribution < -0.4 is 20.9 Å². The second kappa shape index (κ2) is 8.38. The Morgan fingerprint density at radius 1 is 1.00 bits per heavy atom. The molecule has 2 heterocycles. The van der Waals surface area contributed by atoms with Gasteiger partial charge in [-0.3, -0.25) is 9.52 Å². The van der Waals surface area contributed by atoms with E-state index < -0.39 is 0 Å². The van der Waals surface area contributed by atoms with Crippen molar-refractivity contribution in [3.8, 4) is 0 Å². The lowest BCUT2D eigenvalue weighted by Gasteiger charge is -2.14. The number of H-pyrrole nitrogens is 1. The van der Waals surface area contributed by atoms with E-state index >= 15 is 0 Å². The number of pyridine rings is 2. The van der Waals surface area contributed by atoms with E-state index in [9.17, 15) is 4.79 Å². The van der Waals surface area contributed by atoms with E-state index in [1.165, 1.54) is 17.5 Å². The van der Waals surface area contributed by atoms with Gasteiger partial charge in [0.2, 0.25) is 0 Å². The number of para-hydroxylation sites is 1. The van der Waals surface area contributed by atoms with Crippen LogP contribution in [-0.2, 0) is 0 Å². The summed E-state index contributed by atoms with van der Waals surface area (Å²) in [6.07, 6.45) is 1.65. The second-order valence-corrected chi connectivity index (χ2v) is 7.60. The number of aryl methyl sites for hydroxylation is 1. The molecule has 7 heteroatoms. The van der Waals surface area contributed by atoms with Crippen LogP contribution in [0.4, 0.5) is 23.0 Å². The summed E-state index contributed by atoms with van der Waals surface area (Å²) in [5.74, 6) is 1.16. The minimum Gasteiger partial charge on any atom is -0.339 e. The summed E-state index contributed by atoms with van der Waals surface area (Å²) in [5, 5.41) is 8.00. The first kappa shape index (κ1) is 19.0. The van der Waals surface area contributed by atoms with Crippen molar-refractivity contribution in [1.29, 1.82) is 0 Å². The molecule has 146 valence electrons. The van der Waals surface area contributed by atoms with E-state index in [1.54, 1.807) is 6.20 Å². The number of benzene rings is 2. The van der Waals surface area contributed by atoms with Crippen molar-refractivity contribution in [1.82, 2.24) is 14.7 Å². The zero-order chi connectivity index (χ0) is 20.2. The fourth-order valence-electron chi connectivity index (χ4n) is 3.05. The van der Waals surface area contributed by atoms with Crippen LogP contribution in [0.3, 0.4) is 0 Å². The molecule has 0 unspecified atom stereocenters. The van der Waals surface area contributed by atoms with Gasteiger partial charge in [0.15, 0.2) is 0 Å². The Morgan fingerprint density at radius 2 is 1.79 bits per heavy atom. The van der Waals surface area contributed by atoms with Crippen LogP contribution in [0, 0.1) is 6.92 Å². The Kier molecular flexibility index (Phi) is 5.50. The Bertz CT molecular complexity index is 1200. The molecule has 0 aliphatic carbocycles. The highest BCUT2D eigenvalue weighted by Crippen LogP contribution is 2.30. The van der Waals surface area contributed by atoms with Gasteiger partial charge < -0.3 is 15.6 Å². The summed E-state index contributed by atoms with van der Waals surface area (Å²) in [6.45, 7) is 2.04. The smallest absolute Gasteiger partial charge is 0.259 e. The van der Waals surface area contributed by atoms with E-state index in [0.29, 0.717) is 17.0 Å². The number of hydrogen-bond acceptors (Lipinski definition) is 6. The highest BCUT2D eigenvalue weighted by Gasteiger charge is 2.11. The number of nitrogens with zero attached hydrogens (tertiary/aromatic N) is 1. The molecule has 2 aromatic carbocycles. The van der Waals surface area contributed by atoms with Gasteiger partial charge in [0.05, 0.1) is 11.1 Å². The van der Waals surface area contributed by atoms with E-state index in [2.05, 4.69) is 20.3 Å². The van der Waals surface area contributed by atoms with Gasteiger partial charge in [-0.15, -0.1) is 0 Å². The molecule has 0 saturated carbocycles. The van der Waals surface area contributed by atoms with Gasteiger partial charge in [0.25, 0.3) is 5.56 Å². The lowest BCUT2D eigenvalue weighted by atomic mass is 10.2. The molecule has 29 heavy (non-hydrogen) atoms. The average molecular weight is 404 g/mol. The van der Waals surface area contributed by atoms with Crippen molar-refractivity contribution in [3.63, 3.8) is 0 Å². The molecule has 0 atom stereocenters. The summed E-state index contributed by atoms with van der Waals surface area (Å²) < 4.78 is 3.09. The average Bonchev–Trinajstić information content (AvgIpc) is 2.71. The second-order valence-electron chi connectivity index (χ2n) is 6.55. The number of rotatable bonds is 6. The molecule has 0 spiro atoms. The maximum absolute atomic E-state index is 12.5. The van der Waals surface area contributed by atoms with E-state index in [0.717, 1.165) is 21.7 Å². The topological polar surface area (TPSA) is 81.8 Å². The molecule has 0 aliphatic rings. The predicted molar refractivity (Wildman–Crippen MR) is 121 cm³/mol. The van der Waals surface area contributed by atoms with E-state index in [4.69, 9.17) is 4.98 Å². The lowest BCUT2D eigenvalue weighted by molar-refractivity contribution is 1.24. The van der Waals surface area contributed by atoms with Crippen molar-refractivity contribution in [2.45, 2.75) is 11.8 Å². The molecule has 4 rings (SSSR count). The van der Waals surface area contributed by atoms with Gasteiger partial charge in [-0.05, 0) is 67.7 Å². The molecular weight excluding hydrogens is 382 g/mol. The normalized spacial score (nSPS) is 10.8. The van der Waals surface area contributed by atoms with Crippen LogP contribution >= 0.6 is 11.9 Å². The Labute approximate surface area is 172 Å². The number of aromatic nitrogens is 2. The third-order valence-electron chi connectivity index (χ3n) is 4.43. The van der Waals surface area contributed by atoms with Crippen molar-refractivity contribution in [3.05, 3.63) is 82.8 Å². The van der Waals surface area contributed by atoms with Gasteiger partial charge >= 0.3 is 0 Å². The first-order chi connectivity index (χ1) is 14.1. The van der Waals surface area contributed by atoms with Gasteiger partial charge in [0, 0.05) is 16.8 Å². The summed E-state index contributed by atoms with van der Waals surface area (Å²) in [5.41, 5.74) is 2.79. The maximum atomic E-state index is 12.5. The summed E-state index contributed by atoms with van der Waals surface area (Å²) in [4.78, 5) is 21.0. The van der Waals surface area contributed by atoms with Gasteiger partial charge in [-0.1, -0.05) is 29.8 Å². The number of hydrogen-bond donors (Lipinski definition) is 4. The van der Waals surface area contributed by atoms with Crippen LogP contribution in [-0.4, -0.2) is 17.0 Å². The van der Waals surface area contributed by atoms with Crippen molar-refractivity contribution in [2.75, 3.05) is 17.7 Å². The van der Waals surface area contributed by atoms with Crippen molar-refractivity contribution < 1.29 is 0 Å². The Hall–Kier alpha value is -3.29. The minimum absolute atomic E-state index is 0.178. The monoisotopic (exact) mass is 403 g/mol. The maximum Gasteiger partial charge on any atom is 0.259 e. The number of nitrogens with one attached hydrogen (secondary N) is 4. The highest BCUT2D eigenvalue weighted by molar-refractivity contribution is 7.97. The molecular formula is C22H21N5OS. The standard InChI is InChI=1S/C22H21N5OS/c1-14-7-9-16(10-8-14)25-21-20-15(11-12-24-22(20)28)13-19(27-21)26-17-5-3-4-6-18(17)29-23-2/h3-13,23H,1-2H3,(H,24,28)(H2,25,26,27). The highest BCUT2D eigenvalue weighted by atomic mass is 32.2. The zero-order valence-corrected chi connectivity index (χ0v) is 16.9. The number of anilines is 4. The number of fused-ring (bicyclic) bond motifs is 1. The third-order valence-corrected chi connectivity index (χ3v) is 5.21.